The van der Waals surface area contributed by atoms with Crippen molar-refractivity contribution in [3.8, 4) is 17.3 Å². The number of H-pyrrole nitrogens is 1. The van der Waals surface area contributed by atoms with Gasteiger partial charge in [0.15, 0.2) is 5.65 Å². The Labute approximate surface area is 165 Å². The van der Waals surface area contributed by atoms with Gasteiger partial charge in [-0.2, -0.15) is 19.9 Å². The van der Waals surface area contributed by atoms with Crippen molar-refractivity contribution in [3.63, 3.8) is 0 Å². The van der Waals surface area contributed by atoms with Gasteiger partial charge in [0.05, 0.1) is 30.3 Å². The molecule has 3 aromatic heterocycles. The zero-order valence-corrected chi connectivity index (χ0v) is 15.8. The Hall–Kier alpha value is -3.26. The lowest BCUT2D eigenvalue weighted by atomic mass is 9.83. The van der Waals surface area contributed by atoms with E-state index in [1.165, 1.54) is 0 Å². The number of nitrogens with zero attached hydrogens (tertiary/aromatic N) is 7. The molecule has 1 unspecified atom stereocenters. The smallest absolute Gasteiger partial charge is 0.243 e. The summed E-state index contributed by atoms with van der Waals surface area (Å²) in [5, 5.41) is 23.7. The van der Waals surface area contributed by atoms with Gasteiger partial charge in [0.2, 0.25) is 5.95 Å². The van der Waals surface area contributed by atoms with Crippen LogP contribution in [0.2, 0.25) is 0 Å². The molecule has 0 radical (unpaired) electrons. The molecule has 0 spiro atoms. The minimum Gasteiger partial charge on any atom is -0.378 e. The zero-order chi connectivity index (χ0) is 20.0. The van der Waals surface area contributed by atoms with Crippen LogP contribution in [0.15, 0.2) is 18.7 Å². The lowest BCUT2D eigenvalue weighted by Gasteiger charge is -2.45. The van der Waals surface area contributed by atoms with Gasteiger partial charge < -0.3 is 15.0 Å². The van der Waals surface area contributed by atoms with Crippen molar-refractivity contribution in [2.75, 3.05) is 36.5 Å². The molecule has 0 aromatic carbocycles. The third kappa shape index (κ3) is 3.05. The maximum Gasteiger partial charge on any atom is 0.243 e. The Bertz CT molecular complexity index is 1070. The van der Waals surface area contributed by atoms with Crippen LogP contribution in [0.3, 0.4) is 0 Å². The number of anilines is 2. The number of aromatic nitrogens is 6. The molecule has 2 fully saturated rings. The van der Waals surface area contributed by atoms with Gasteiger partial charge in [-0.3, -0.25) is 5.10 Å². The van der Waals surface area contributed by atoms with Gasteiger partial charge in [-0.1, -0.05) is 0 Å². The van der Waals surface area contributed by atoms with Crippen LogP contribution < -0.4 is 10.2 Å². The second kappa shape index (κ2) is 6.66. The van der Waals surface area contributed by atoms with E-state index >= 15 is 0 Å². The molecule has 5 heterocycles. The molecule has 10 nitrogen and oxygen atoms in total. The van der Waals surface area contributed by atoms with Crippen molar-refractivity contribution in [1.29, 1.82) is 5.26 Å². The minimum absolute atomic E-state index is 0.0724. The lowest BCUT2D eigenvalue weighted by Crippen LogP contribution is -2.54. The first kappa shape index (κ1) is 17.8. The van der Waals surface area contributed by atoms with Gasteiger partial charge in [0.25, 0.3) is 0 Å². The Balaban J connectivity index is 1.54. The first-order chi connectivity index (χ1) is 14.1. The second-order valence-electron chi connectivity index (χ2n) is 7.79. The molecule has 2 aliphatic rings. The molecule has 2 saturated heterocycles. The van der Waals surface area contributed by atoms with Gasteiger partial charge in [-0.15, -0.1) is 5.10 Å². The van der Waals surface area contributed by atoms with Crippen LogP contribution >= 0.6 is 0 Å². The highest BCUT2D eigenvalue weighted by Gasteiger charge is 2.41. The molecular formula is C18H20FN9O. The van der Waals surface area contributed by atoms with Crippen LogP contribution in [0.25, 0.3) is 16.9 Å². The van der Waals surface area contributed by atoms with Crippen molar-refractivity contribution >= 4 is 17.3 Å². The number of ether oxygens (including phenoxy) is 1. The molecule has 2 aliphatic heterocycles. The number of hydrogen-bond acceptors (Lipinski definition) is 8. The van der Waals surface area contributed by atoms with E-state index in [0.29, 0.717) is 43.4 Å². The Morgan fingerprint density at radius 3 is 3.03 bits per heavy atom. The van der Waals surface area contributed by atoms with Crippen molar-refractivity contribution in [2.24, 2.45) is 5.41 Å². The largest absolute Gasteiger partial charge is 0.378 e. The molecule has 0 amide bonds. The molecular weight excluding hydrogens is 377 g/mol. The number of alkyl halides is 1. The second-order valence-corrected chi connectivity index (χ2v) is 7.79. The van der Waals surface area contributed by atoms with E-state index in [1.807, 2.05) is 6.92 Å². The summed E-state index contributed by atoms with van der Waals surface area (Å²) in [4.78, 5) is 11.2. The van der Waals surface area contributed by atoms with Crippen LogP contribution in [0, 0.1) is 16.7 Å². The standard InChI is InChI=1S/C18H20FN9O/c1-18(7-20)8-27(9-18)15-14(11-4-22-23-5-11)21-10-28-16(15)25-17(26-28)24-13-2-3-29-6-12(13)19/h4-5,10,12-13H,2-3,6,8-9H2,1H3,(H,22,23)(H,24,26)/t12-,13?/m1/s1. The van der Waals surface area contributed by atoms with E-state index in [2.05, 4.69) is 41.5 Å². The van der Waals surface area contributed by atoms with Crippen molar-refractivity contribution in [3.05, 3.63) is 18.7 Å². The summed E-state index contributed by atoms with van der Waals surface area (Å²) in [6.45, 7) is 3.64. The molecule has 3 aromatic rings. The summed E-state index contributed by atoms with van der Waals surface area (Å²) in [5.41, 5.74) is 2.50. The fourth-order valence-electron chi connectivity index (χ4n) is 3.85. The van der Waals surface area contributed by atoms with Crippen molar-refractivity contribution < 1.29 is 9.13 Å². The monoisotopic (exact) mass is 397 g/mol. The Kier molecular flexibility index (Phi) is 4.09. The normalized spacial score (nSPS) is 23.6. The predicted octanol–water partition coefficient (Wildman–Crippen LogP) is 1.40. The number of rotatable bonds is 4. The summed E-state index contributed by atoms with van der Waals surface area (Å²) < 4.78 is 20.9. The molecule has 29 heavy (non-hydrogen) atoms. The van der Waals surface area contributed by atoms with E-state index in [-0.39, 0.29) is 6.61 Å². The van der Waals surface area contributed by atoms with Gasteiger partial charge in [-0.25, -0.2) is 9.37 Å². The van der Waals surface area contributed by atoms with Crippen molar-refractivity contribution in [2.45, 2.75) is 25.6 Å². The SMILES string of the molecule is CC1(C#N)CN(c2c(-c3cn[nH]c3)ncn3nc(NC4CCOC[C@H]4F)nc23)C1. The van der Waals surface area contributed by atoms with Crippen molar-refractivity contribution in [1.82, 2.24) is 29.8 Å². The third-order valence-corrected chi connectivity index (χ3v) is 5.40. The van der Waals surface area contributed by atoms with Crippen LogP contribution in [-0.2, 0) is 4.74 Å². The fourth-order valence-corrected chi connectivity index (χ4v) is 3.85. The lowest BCUT2D eigenvalue weighted by molar-refractivity contribution is 0.0284. The summed E-state index contributed by atoms with van der Waals surface area (Å²) in [5.74, 6) is 0.343. The number of nitriles is 1. The highest BCUT2D eigenvalue weighted by atomic mass is 19.1. The number of nitrogens with one attached hydrogen (secondary N) is 2. The predicted molar refractivity (Wildman–Crippen MR) is 102 cm³/mol. The molecule has 0 aliphatic carbocycles. The van der Waals surface area contributed by atoms with E-state index in [0.717, 1.165) is 11.3 Å². The quantitative estimate of drug-likeness (QED) is 0.678. The Morgan fingerprint density at radius 1 is 1.45 bits per heavy atom. The highest BCUT2D eigenvalue weighted by Crippen LogP contribution is 2.40. The van der Waals surface area contributed by atoms with Gasteiger partial charge in [0.1, 0.15) is 23.9 Å². The molecule has 150 valence electrons. The molecule has 2 atom stereocenters. The average molecular weight is 397 g/mol. The molecule has 0 bridgehead atoms. The maximum absolute atomic E-state index is 14.1. The van der Waals surface area contributed by atoms with Crippen LogP contribution in [0.4, 0.5) is 16.0 Å². The molecule has 5 rings (SSSR count). The van der Waals surface area contributed by atoms with Gasteiger partial charge >= 0.3 is 0 Å². The number of hydrogen-bond donors (Lipinski definition) is 2. The fraction of sp³-hybridized carbons (Fsp3) is 0.500. The molecule has 0 saturated carbocycles. The van der Waals surface area contributed by atoms with Crippen LogP contribution in [0.5, 0.6) is 0 Å². The van der Waals surface area contributed by atoms with E-state index in [1.54, 1.807) is 23.2 Å². The maximum atomic E-state index is 14.1. The minimum atomic E-state index is -1.11. The van der Waals surface area contributed by atoms with E-state index in [9.17, 15) is 9.65 Å². The zero-order valence-electron chi connectivity index (χ0n) is 15.8. The number of fused-ring (bicyclic) bond motifs is 1. The topological polar surface area (TPSA) is 120 Å². The van der Waals surface area contributed by atoms with Crippen LogP contribution in [-0.4, -0.2) is 68.3 Å². The van der Waals surface area contributed by atoms with Gasteiger partial charge in [0, 0.05) is 31.5 Å². The first-order valence-electron chi connectivity index (χ1n) is 9.45. The van der Waals surface area contributed by atoms with E-state index in [4.69, 9.17) is 4.74 Å². The molecule has 2 N–H and O–H groups in total. The number of aromatic amines is 1. The van der Waals surface area contributed by atoms with E-state index < -0.39 is 17.6 Å². The number of halogens is 1. The molecule has 11 heteroatoms. The summed E-state index contributed by atoms with van der Waals surface area (Å²) in [6, 6.07) is 1.96. The summed E-state index contributed by atoms with van der Waals surface area (Å²) >= 11 is 0. The summed E-state index contributed by atoms with van der Waals surface area (Å²) in [6.07, 6.45) is 4.48. The van der Waals surface area contributed by atoms with Gasteiger partial charge in [-0.05, 0) is 13.3 Å². The first-order valence-corrected chi connectivity index (χ1v) is 9.45. The average Bonchev–Trinajstić information content (AvgIpc) is 3.36. The van der Waals surface area contributed by atoms with Crippen LogP contribution in [0.1, 0.15) is 13.3 Å². The Morgan fingerprint density at radius 2 is 2.31 bits per heavy atom. The third-order valence-electron chi connectivity index (χ3n) is 5.40. The highest BCUT2D eigenvalue weighted by molar-refractivity contribution is 5.86. The summed E-state index contributed by atoms with van der Waals surface area (Å²) in [7, 11) is 0.